The number of carbonyl (C=O) groups excluding carboxylic acids is 1. The molecule has 0 heterocycles. The van der Waals surface area contributed by atoms with Gasteiger partial charge in [0, 0.05) is 0 Å². The highest BCUT2D eigenvalue weighted by Gasteiger charge is 2.28. The number of unbranched alkanes of at least 4 members (excludes halogenated alkanes) is 1. The first kappa shape index (κ1) is 19.6. The van der Waals surface area contributed by atoms with Crippen LogP contribution in [0.4, 0.5) is 13.2 Å². The third-order valence-corrected chi connectivity index (χ3v) is 3.29. The minimum Gasteiger partial charge on any atom is -0.494 e. The molecule has 140 valence electrons. The first-order chi connectivity index (χ1) is 12.4. The van der Waals surface area contributed by atoms with E-state index in [1.54, 1.807) is 24.3 Å². The van der Waals surface area contributed by atoms with E-state index in [2.05, 4.69) is 11.7 Å². The summed E-state index contributed by atoms with van der Waals surface area (Å²) in [5.41, 5.74) is 0.338. The molecule has 26 heavy (non-hydrogen) atoms. The summed E-state index contributed by atoms with van der Waals surface area (Å²) in [5.74, 6) is 0.337. The Hall–Kier alpha value is -2.70. The van der Waals surface area contributed by atoms with E-state index in [0.29, 0.717) is 17.9 Å². The number of rotatable bonds is 8. The van der Waals surface area contributed by atoms with Crippen molar-refractivity contribution in [1.29, 1.82) is 0 Å². The molecule has 0 amide bonds. The molecule has 2 aromatic rings. The van der Waals surface area contributed by atoms with Crippen molar-refractivity contribution in [1.82, 2.24) is 0 Å². The fourth-order valence-electron chi connectivity index (χ4n) is 1.96. The van der Waals surface area contributed by atoms with Crippen molar-refractivity contribution < 1.29 is 32.2 Å². The maximum absolute atomic E-state index is 12.1. The molecule has 0 aliphatic heterocycles. The largest absolute Gasteiger partial charge is 0.494 e. The van der Waals surface area contributed by atoms with Crippen LogP contribution < -0.4 is 14.2 Å². The van der Waals surface area contributed by atoms with Gasteiger partial charge in [-0.2, -0.15) is 13.2 Å². The second-order valence-electron chi connectivity index (χ2n) is 5.49. The third-order valence-electron chi connectivity index (χ3n) is 3.29. The summed E-state index contributed by atoms with van der Waals surface area (Å²) in [4.78, 5) is 12.1. The van der Waals surface area contributed by atoms with Crippen molar-refractivity contribution in [2.75, 3.05) is 13.2 Å². The number of hydrogen-bond donors (Lipinski definition) is 0. The van der Waals surface area contributed by atoms with Crippen LogP contribution in [0.5, 0.6) is 17.2 Å². The first-order valence-corrected chi connectivity index (χ1v) is 8.12. The average molecular weight is 368 g/mol. The molecule has 2 rings (SSSR count). The van der Waals surface area contributed by atoms with Gasteiger partial charge in [0.15, 0.2) is 6.61 Å². The molecule has 0 atom stereocenters. The summed E-state index contributed by atoms with van der Waals surface area (Å²) >= 11 is 0. The molecule has 0 spiro atoms. The number of ether oxygens (including phenoxy) is 3. The summed E-state index contributed by atoms with van der Waals surface area (Å²) in [6.45, 7) is 1.30. The second-order valence-corrected chi connectivity index (χ2v) is 5.49. The number of alkyl halides is 3. The van der Waals surface area contributed by atoms with Gasteiger partial charge in [0.1, 0.15) is 17.2 Å². The number of benzene rings is 2. The van der Waals surface area contributed by atoms with Gasteiger partial charge >= 0.3 is 12.1 Å². The average Bonchev–Trinajstić information content (AvgIpc) is 2.61. The SMILES string of the molecule is CCCCOc1ccc(C(=O)Oc2ccc(OCC(F)(F)F)cc2)cc1. The highest BCUT2D eigenvalue weighted by atomic mass is 19.4. The molecule has 0 aliphatic carbocycles. The Bertz CT molecular complexity index is 694. The smallest absolute Gasteiger partial charge is 0.422 e. The van der Waals surface area contributed by atoms with Gasteiger partial charge < -0.3 is 14.2 Å². The number of hydrogen-bond acceptors (Lipinski definition) is 4. The lowest BCUT2D eigenvalue weighted by Gasteiger charge is -2.10. The Labute approximate surface area is 149 Å². The fourth-order valence-corrected chi connectivity index (χ4v) is 1.96. The summed E-state index contributed by atoms with van der Waals surface area (Å²) in [5, 5.41) is 0. The van der Waals surface area contributed by atoms with Gasteiger partial charge in [-0.15, -0.1) is 0 Å². The Morgan fingerprint density at radius 3 is 2.00 bits per heavy atom. The summed E-state index contributed by atoms with van der Waals surface area (Å²) in [7, 11) is 0. The molecule has 0 fully saturated rings. The van der Waals surface area contributed by atoms with E-state index in [9.17, 15) is 18.0 Å². The van der Waals surface area contributed by atoms with Gasteiger partial charge in [0.05, 0.1) is 12.2 Å². The zero-order valence-corrected chi connectivity index (χ0v) is 14.2. The molecule has 0 radical (unpaired) electrons. The summed E-state index contributed by atoms with van der Waals surface area (Å²) in [6, 6.07) is 11.9. The number of halogens is 3. The van der Waals surface area contributed by atoms with Crippen molar-refractivity contribution in [2.45, 2.75) is 25.9 Å². The van der Waals surface area contributed by atoms with E-state index in [0.717, 1.165) is 12.8 Å². The minimum absolute atomic E-state index is 0.0377. The number of esters is 1. The van der Waals surface area contributed by atoms with Crippen LogP contribution in [0.3, 0.4) is 0 Å². The lowest BCUT2D eigenvalue weighted by atomic mass is 10.2. The van der Waals surface area contributed by atoms with Gasteiger partial charge in [-0.05, 0) is 55.0 Å². The fraction of sp³-hybridized carbons (Fsp3) is 0.316. The normalized spacial score (nSPS) is 11.1. The van der Waals surface area contributed by atoms with Crippen molar-refractivity contribution in [3.8, 4) is 17.2 Å². The van der Waals surface area contributed by atoms with Gasteiger partial charge in [-0.3, -0.25) is 0 Å². The third kappa shape index (κ3) is 6.66. The highest BCUT2D eigenvalue weighted by molar-refractivity contribution is 5.91. The van der Waals surface area contributed by atoms with Crippen LogP contribution in [0, 0.1) is 0 Å². The van der Waals surface area contributed by atoms with Crippen LogP contribution in [-0.2, 0) is 0 Å². The van der Waals surface area contributed by atoms with Crippen LogP contribution >= 0.6 is 0 Å². The Kier molecular flexibility index (Phi) is 6.89. The zero-order valence-electron chi connectivity index (χ0n) is 14.2. The van der Waals surface area contributed by atoms with E-state index in [4.69, 9.17) is 9.47 Å². The monoisotopic (exact) mass is 368 g/mol. The molecule has 0 bridgehead atoms. The second kappa shape index (κ2) is 9.12. The Morgan fingerprint density at radius 2 is 1.42 bits per heavy atom. The van der Waals surface area contributed by atoms with Crippen LogP contribution in [0.15, 0.2) is 48.5 Å². The van der Waals surface area contributed by atoms with Crippen molar-refractivity contribution in [3.05, 3.63) is 54.1 Å². The van der Waals surface area contributed by atoms with Gasteiger partial charge in [0.2, 0.25) is 0 Å². The predicted molar refractivity (Wildman–Crippen MR) is 89.8 cm³/mol. The minimum atomic E-state index is -4.41. The van der Waals surface area contributed by atoms with Crippen molar-refractivity contribution >= 4 is 5.97 Å². The zero-order chi connectivity index (χ0) is 19.0. The number of carbonyl (C=O) groups is 1. The van der Waals surface area contributed by atoms with Crippen LogP contribution in [0.25, 0.3) is 0 Å². The van der Waals surface area contributed by atoms with Gasteiger partial charge in [0.25, 0.3) is 0 Å². The van der Waals surface area contributed by atoms with E-state index in [1.165, 1.54) is 24.3 Å². The molecular formula is C19H19F3O4. The molecular weight excluding hydrogens is 349 g/mol. The van der Waals surface area contributed by atoms with Crippen LogP contribution in [0.1, 0.15) is 30.1 Å². The standard InChI is InChI=1S/C19H19F3O4/c1-2-3-12-24-15-6-4-14(5-7-15)18(23)26-17-10-8-16(9-11-17)25-13-19(20,21)22/h4-11H,2-3,12-13H2,1H3. The van der Waals surface area contributed by atoms with E-state index in [-0.39, 0.29) is 11.5 Å². The maximum Gasteiger partial charge on any atom is 0.422 e. The topological polar surface area (TPSA) is 44.8 Å². The molecule has 7 heteroatoms. The van der Waals surface area contributed by atoms with Crippen LogP contribution in [0.2, 0.25) is 0 Å². The summed E-state index contributed by atoms with van der Waals surface area (Å²) < 4.78 is 51.6. The van der Waals surface area contributed by atoms with Crippen molar-refractivity contribution in [3.63, 3.8) is 0 Å². The molecule has 0 aromatic heterocycles. The van der Waals surface area contributed by atoms with E-state index < -0.39 is 18.8 Å². The quantitative estimate of drug-likeness (QED) is 0.373. The molecule has 0 N–H and O–H groups in total. The molecule has 0 unspecified atom stereocenters. The summed E-state index contributed by atoms with van der Waals surface area (Å²) in [6.07, 6.45) is -2.42. The van der Waals surface area contributed by atoms with E-state index in [1.807, 2.05) is 0 Å². The van der Waals surface area contributed by atoms with Crippen LogP contribution in [-0.4, -0.2) is 25.4 Å². The van der Waals surface area contributed by atoms with Crippen molar-refractivity contribution in [2.24, 2.45) is 0 Å². The molecule has 4 nitrogen and oxygen atoms in total. The lowest BCUT2D eigenvalue weighted by molar-refractivity contribution is -0.153. The van der Waals surface area contributed by atoms with Gasteiger partial charge in [-0.1, -0.05) is 13.3 Å². The lowest BCUT2D eigenvalue weighted by Crippen LogP contribution is -2.19. The maximum atomic E-state index is 12.1. The molecule has 0 aliphatic rings. The molecule has 2 aromatic carbocycles. The van der Waals surface area contributed by atoms with Gasteiger partial charge in [-0.25, -0.2) is 4.79 Å². The molecule has 0 saturated heterocycles. The Morgan fingerprint density at radius 1 is 0.885 bits per heavy atom. The van der Waals surface area contributed by atoms with E-state index >= 15 is 0 Å². The molecule has 0 saturated carbocycles. The predicted octanol–water partition coefficient (Wildman–Crippen LogP) is 5.03. The first-order valence-electron chi connectivity index (χ1n) is 8.12. The highest BCUT2D eigenvalue weighted by Crippen LogP contribution is 2.22. The Balaban J connectivity index is 1.88.